The highest BCUT2D eigenvalue weighted by atomic mass is 16.3. The zero-order valence-corrected chi connectivity index (χ0v) is 12.8. The Hall–Kier alpha value is -0.610. The van der Waals surface area contributed by atoms with Crippen LogP contribution >= 0.6 is 0 Å². The average Bonchev–Trinajstić information content (AvgIpc) is 2.40. The number of amides is 1. The Kier molecular flexibility index (Phi) is 7.39. The van der Waals surface area contributed by atoms with E-state index in [2.05, 4.69) is 4.90 Å². The predicted molar refractivity (Wildman–Crippen MR) is 78.0 cm³/mol. The number of piperidine rings is 1. The molecule has 4 heteroatoms. The van der Waals surface area contributed by atoms with Gasteiger partial charge in [-0.05, 0) is 65.6 Å². The highest BCUT2D eigenvalue weighted by Gasteiger charge is 2.22. The van der Waals surface area contributed by atoms with Gasteiger partial charge in [0.15, 0.2) is 0 Å². The molecule has 0 bridgehead atoms. The van der Waals surface area contributed by atoms with Crippen molar-refractivity contribution in [2.45, 2.75) is 52.6 Å². The minimum Gasteiger partial charge on any atom is -0.393 e. The quantitative estimate of drug-likeness (QED) is 0.766. The summed E-state index contributed by atoms with van der Waals surface area (Å²) in [4.78, 5) is 16.2. The summed E-state index contributed by atoms with van der Waals surface area (Å²) in [5.74, 6) is 0.748. The van der Waals surface area contributed by atoms with E-state index in [1.54, 1.807) is 0 Å². The molecule has 19 heavy (non-hydrogen) atoms. The van der Waals surface area contributed by atoms with E-state index in [1.165, 1.54) is 0 Å². The van der Waals surface area contributed by atoms with Crippen LogP contribution < -0.4 is 0 Å². The fraction of sp³-hybridized carbons (Fsp3) is 0.933. The monoisotopic (exact) mass is 270 g/mol. The van der Waals surface area contributed by atoms with Crippen molar-refractivity contribution in [2.75, 3.05) is 32.7 Å². The van der Waals surface area contributed by atoms with E-state index < -0.39 is 0 Å². The van der Waals surface area contributed by atoms with Gasteiger partial charge in [-0.25, -0.2) is 0 Å². The highest BCUT2D eigenvalue weighted by Crippen LogP contribution is 2.20. The molecule has 0 radical (unpaired) electrons. The molecule has 112 valence electrons. The van der Waals surface area contributed by atoms with Gasteiger partial charge in [0.05, 0.1) is 6.10 Å². The summed E-state index contributed by atoms with van der Waals surface area (Å²) in [6, 6.07) is 0. The van der Waals surface area contributed by atoms with Crippen LogP contribution in [-0.2, 0) is 4.79 Å². The molecule has 1 heterocycles. The predicted octanol–water partition coefficient (Wildman–Crippen LogP) is 1.73. The minimum atomic E-state index is -0.175. The molecule has 0 aromatic heterocycles. The Morgan fingerprint density at radius 3 is 2.37 bits per heavy atom. The molecule has 0 spiro atoms. The van der Waals surface area contributed by atoms with E-state index in [4.69, 9.17) is 0 Å². The van der Waals surface area contributed by atoms with E-state index in [0.29, 0.717) is 12.3 Å². The molecule has 1 fully saturated rings. The van der Waals surface area contributed by atoms with Crippen LogP contribution in [0.5, 0.6) is 0 Å². The molecule has 0 aromatic rings. The summed E-state index contributed by atoms with van der Waals surface area (Å²) < 4.78 is 0. The summed E-state index contributed by atoms with van der Waals surface area (Å²) in [6.45, 7) is 10.7. The molecule has 1 atom stereocenters. The molecular formula is C15H30N2O2. The van der Waals surface area contributed by atoms with Gasteiger partial charge in [-0.15, -0.1) is 0 Å². The molecule has 1 aliphatic heterocycles. The van der Waals surface area contributed by atoms with Gasteiger partial charge in [-0.2, -0.15) is 0 Å². The molecule has 0 saturated carbocycles. The molecule has 1 N–H and O–H groups in total. The van der Waals surface area contributed by atoms with Gasteiger partial charge in [0.1, 0.15) is 0 Å². The fourth-order valence-corrected chi connectivity index (χ4v) is 2.85. The zero-order valence-electron chi connectivity index (χ0n) is 12.8. The van der Waals surface area contributed by atoms with Crippen LogP contribution in [0, 0.1) is 5.92 Å². The highest BCUT2D eigenvalue weighted by molar-refractivity contribution is 5.76. The number of hydrogen-bond donors (Lipinski definition) is 1. The smallest absolute Gasteiger partial charge is 0.222 e. The molecule has 1 saturated heterocycles. The maximum absolute atomic E-state index is 11.9. The van der Waals surface area contributed by atoms with E-state index in [-0.39, 0.29) is 12.0 Å². The number of hydrogen-bond acceptors (Lipinski definition) is 3. The number of carbonyl (C=O) groups is 1. The van der Waals surface area contributed by atoms with Gasteiger partial charge in [0.2, 0.25) is 5.91 Å². The van der Waals surface area contributed by atoms with Crippen LogP contribution in [0.2, 0.25) is 0 Å². The van der Waals surface area contributed by atoms with Gasteiger partial charge in [0, 0.05) is 19.5 Å². The second-order valence-electron chi connectivity index (χ2n) is 5.59. The summed E-state index contributed by atoms with van der Waals surface area (Å²) in [7, 11) is 0. The molecule has 1 aliphatic rings. The standard InChI is InChI=1S/C15H30N2O2/c1-4-17(5-2)15(19)7-6-10-16-11-8-14(9-12-16)13(3)18/h13-14,18H,4-12H2,1-3H3. The third kappa shape index (κ3) is 5.49. The number of rotatable bonds is 7. The average molecular weight is 270 g/mol. The first-order valence-electron chi connectivity index (χ1n) is 7.76. The van der Waals surface area contributed by atoms with Gasteiger partial charge in [-0.1, -0.05) is 0 Å². The second kappa shape index (κ2) is 8.54. The van der Waals surface area contributed by atoms with Crippen molar-refractivity contribution in [3.63, 3.8) is 0 Å². The fourth-order valence-electron chi connectivity index (χ4n) is 2.85. The summed E-state index contributed by atoms with van der Waals surface area (Å²) in [5, 5.41) is 9.56. The summed E-state index contributed by atoms with van der Waals surface area (Å²) >= 11 is 0. The van der Waals surface area contributed by atoms with E-state index in [9.17, 15) is 9.90 Å². The number of aliphatic hydroxyl groups is 1. The lowest BCUT2D eigenvalue weighted by atomic mass is 9.92. The molecule has 0 aromatic carbocycles. The van der Waals surface area contributed by atoms with Crippen molar-refractivity contribution >= 4 is 5.91 Å². The molecule has 1 amide bonds. The molecule has 1 rings (SSSR count). The maximum Gasteiger partial charge on any atom is 0.222 e. The first-order chi connectivity index (χ1) is 9.08. The van der Waals surface area contributed by atoms with Gasteiger partial charge >= 0.3 is 0 Å². The Bertz CT molecular complexity index is 257. The first-order valence-corrected chi connectivity index (χ1v) is 7.76. The lowest BCUT2D eigenvalue weighted by Crippen LogP contribution is -2.38. The van der Waals surface area contributed by atoms with Crippen molar-refractivity contribution in [2.24, 2.45) is 5.92 Å². The lowest BCUT2D eigenvalue weighted by Gasteiger charge is -2.33. The van der Waals surface area contributed by atoms with Gasteiger partial charge in [-0.3, -0.25) is 4.79 Å². The summed E-state index contributed by atoms with van der Waals surface area (Å²) in [6.07, 6.45) is 3.61. The number of aliphatic hydroxyl groups excluding tert-OH is 1. The minimum absolute atomic E-state index is 0.175. The third-order valence-electron chi connectivity index (χ3n) is 4.30. The Morgan fingerprint density at radius 1 is 1.32 bits per heavy atom. The normalized spacial score (nSPS) is 19.4. The van der Waals surface area contributed by atoms with Gasteiger partial charge in [0.25, 0.3) is 0 Å². The van der Waals surface area contributed by atoms with Crippen LogP contribution in [0.25, 0.3) is 0 Å². The number of likely N-dealkylation sites (tertiary alicyclic amines) is 1. The van der Waals surface area contributed by atoms with Crippen LogP contribution in [0.4, 0.5) is 0 Å². The number of nitrogens with zero attached hydrogens (tertiary/aromatic N) is 2. The van der Waals surface area contributed by atoms with Crippen molar-refractivity contribution < 1.29 is 9.90 Å². The zero-order chi connectivity index (χ0) is 14.3. The van der Waals surface area contributed by atoms with Crippen LogP contribution in [0.3, 0.4) is 0 Å². The Balaban J connectivity index is 2.16. The third-order valence-corrected chi connectivity index (χ3v) is 4.30. The number of carbonyl (C=O) groups excluding carboxylic acids is 1. The SMILES string of the molecule is CCN(CC)C(=O)CCCN1CCC(C(C)O)CC1. The first kappa shape index (κ1) is 16.4. The topological polar surface area (TPSA) is 43.8 Å². The second-order valence-corrected chi connectivity index (χ2v) is 5.59. The van der Waals surface area contributed by atoms with E-state index in [0.717, 1.165) is 52.0 Å². The van der Waals surface area contributed by atoms with Crippen molar-refractivity contribution in [1.82, 2.24) is 9.80 Å². The van der Waals surface area contributed by atoms with Gasteiger partial charge < -0.3 is 14.9 Å². The maximum atomic E-state index is 11.9. The van der Waals surface area contributed by atoms with E-state index in [1.807, 2.05) is 25.7 Å². The lowest BCUT2D eigenvalue weighted by molar-refractivity contribution is -0.131. The molecular weight excluding hydrogens is 240 g/mol. The Morgan fingerprint density at radius 2 is 1.89 bits per heavy atom. The Labute approximate surface area is 117 Å². The van der Waals surface area contributed by atoms with Crippen molar-refractivity contribution in [3.05, 3.63) is 0 Å². The summed E-state index contributed by atoms with van der Waals surface area (Å²) in [5.41, 5.74) is 0. The molecule has 4 nitrogen and oxygen atoms in total. The van der Waals surface area contributed by atoms with E-state index >= 15 is 0 Å². The van der Waals surface area contributed by atoms with Crippen molar-refractivity contribution in [3.8, 4) is 0 Å². The largest absolute Gasteiger partial charge is 0.393 e. The van der Waals surface area contributed by atoms with Crippen LogP contribution in [0.1, 0.15) is 46.5 Å². The van der Waals surface area contributed by atoms with Crippen LogP contribution in [0.15, 0.2) is 0 Å². The van der Waals surface area contributed by atoms with Crippen molar-refractivity contribution in [1.29, 1.82) is 0 Å². The van der Waals surface area contributed by atoms with Crippen LogP contribution in [-0.4, -0.2) is 59.6 Å². The molecule has 1 unspecified atom stereocenters. The molecule has 0 aliphatic carbocycles.